The molecule has 1 heterocycles. The maximum absolute atomic E-state index is 10.7. The van der Waals surface area contributed by atoms with Crippen LogP contribution in [0.4, 0.5) is 0 Å². The Morgan fingerprint density at radius 1 is 1.09 bits per heavy atom. The molecule has 0 bridgehead atoms. The molecule has 0 aliphatic carbocycles. The molecule has 0 saturated carbocycles. The third-order valence-corrected chi connectivity index (χ3v) is 4.18. The fraction of sp³-hybridized carbons (Fsp3) is 0.118. The standard InChI is InChI=1S/C17H15N3O2S/c1-12-7-9-13(10-8-12)16-18-19-17(23-11-15(21)22)20(16)14-5-3-2-4-6-14/h2-10H,11H2,1H3,(H,21,22)/p-1. The lowest BCUT2D eigenvalue weighted by atomic mass is 10.1. The van der Waals surface area contributed by atoms with E-state index in [0.717, 1.165) is 28.6 Å². The molecule has 0 amide bonds. The highest BCUT2D eigenvalue weighted by molar-refractivity contribution is 7.99. The second-order valence-electron chi connectivity index (χ2n) is 5.00. The number of carbonyl (C=O) groups excluding carboxylic acids is 1. The van der Waals surface area contributed by atoms with Crippen LogP contribution in [0.1, 0.15) is 5.56 Å². The van der Waals surface area contributed by atoms with E-state index < -0.39 is 5.97 Å². The van der Waals surface area contributed by atoms with Crippen molar-refractivity contribution in [3.63, 3.8) is 0 Å². The van der Waals surface area contributed by atoms with Crippen molar-refractivity contribution < 1.29 is 9.90 Å². The van der Waals surface area contributed by atoms with Gasteiger partial charge in [-0.2, -0.15) is 0 Å². The first-order valence-corrected chi connectivity index (χ1v) is 8.04. The average Bonchev–Trinajstić information content (AvgIpc) is 2.98. The van der Waals surface area contributed by atoms with Crippen molar-refractivity contribution >= 4 is 17.7 Å². The van der Waals surface area contributed by atoms with Gasteiger partial charge < -0.3 is 9.90 Å². The molecule has 0 aliphatic heterocycles. The van der Waals surface area contributed by atoms with Gasteiger partial charge in [-0.3, -0.25) is 4.57 Å². The first kappa shape index (κ1) is 15.3. The molecule has 23 heavy (non-hydrogen) atoms. The minimum atomic E-state index is -1.13. The van der Waals surface area contributed by atoms with E-state index in [2.05, 4.69) is 10.2 Å². The zero-order valence-electron chi connectivity index (χ0n) is 12.5. The highest BCUT2D eigenvalue weighted by Gasteiger charge is 2.15. The maximum atomic E-state index is 10.7. The first-order chi connectivity index (χ1) is 11.1. The molecular formula is C17H14N3O2S-. The molecule has 1 aromatic heterocycles. The Bertz CT molecular complexity index is 814. The molecule has 116 valence electrons. The monoisotopic (exact) mass is 324 g/mol. The number of aliphatic carboxylic acids is 1. The third-order valence-electron chi connectivity index (χ3n) is 3.28. The van der Waals surface area contributed by atoms with E-state index in [1.807, 2.05) is 66.1 Å². The molecular weight excluding hydrogens is 310 g/mol. The van der Waals surface area contributed by atoms with Gasteiger partial charge in [0.25, 0.3) is 0 Å². The molecule has 0 N–H and O–H groups in total. The number of benzene rings is 2. The number of hydrogen-bond acceptors (Lipinski definition) is 5. The van der Waals surface area contributed by atoms with Crippen molar-refractivity contribution in [3.05, 3.63) is 60.2 Å². The van der Waals surface area contributed by atoms with Gasteiger partial charge in [-0.15, -0.1) is 10.2 Å². The molecule has 6 heteroatoms. The van der Waals surface area contributed by atoms with Crippen LogP contribution in [0.5, 0.6) is 0 Å². The number of carbonyl (C=O) groups is 1. The second-order valence-corrected chi connectivity index (χ2v) is 5.95. The van der Waals surface area contributed by atoms with Crippen LogP contribution in [0.3, 0.4) is 0 Å². The Hall–Kier alpha value is -2.60. The Kier molecular flexibility index (Phi) is 4.43. The maximum Gasteiger partial charge on any atom is 0.196 e. The molecule has 0 unspecified atom stereocenters. The molecule has 0 saturated heterocycles. The fourth-order valence-corrected chi connectivity index (χ4v) is 2.85. The summed E-state index contributed by atoms with van der Waals surface area (Å²) in [5, 5.41) is 19.7. The second kappa shape index (κ2) is 6.66. The van der Waals surface area contributed by atoms with Crippen LogP contribution in [0.2, 0.25) is 0 Å². The van der Waals surface area contributed by atoms with E-state index in [4.69, 9.17) is 0 Å². The zero-order valence-corrected chi connectivity index (χ0v) is 13.3. The summed E-state index contributed by atoms with van der Waals surface area (Å²) in [6.45, 7) is 2.02. The number of carboxylic acid groups (broad SMARTS) is 1. The van der Waals surface area contributed by atoms with E-state index in [9.17, 15) is 9.90 Å². The summed E-state index contributed by atoms with van der Waals surface area (Å²) in [5.74, 6) is -0.620. The number of carboxylic acids is 1. The summed E-state index contributed by atoms with van der Waals surface area (Å²) >= 11 is 1.10. The van der Waals surface area contributed by atoms with Gasteiger partial charge in [0, 0.05) is 17.0 Å². The van der Waals surface area contributed by atoms with Gasteiger partial charge in [0.05, 0.1) is 5.97 Å². The lowest BCUT2D eigenvalue weighted by Crippen LogP contribution is -2.24. The summed E-state index contributed by atoms with van der Waals surface area (Å²) in [5.41, 5.74) is 2.97. The minimum absolute atomic E-state index is 0.168. The quantitative estimate of drug-likeness (QED) is 0.672. The Morgan fingerprint density at radius 3 is 2.43 bits per heavy atom. The molecule has 5 nitrogen and oxygen atoms in total. The highest BCUT2D eigenvalue weighted by Crippen LogP contribution is 2.27. The van der Waals surface area contributed by atoms with E-state index in [1.54, 1.807) is 0 Å². The van der Waals surface area contributed by atoms with Gasteiger partial charge in [0.15, 0.2) is 11.0 Å². The molecule has 0 spiro atoms. The van der Waals surface area contributed by atoms with Crippen LogP contribution in [0, 0.1) is 6.92 Å². The summed E-state index contributed by atoms with van der Waals surface area (Å²) in [6.07, 6.45) is 0. The summed E-state index contributed by atoms with van der Waals surface area (Å²) in [7, 11) is 0. The lowest BCUT2D eigenvalue weighted by molar-refractivity contribution is -0.301. The number of aromatic nitrogens is 3. The van der Waals surface area contributed by atoms with Crippen molar-refractivity contribution in [1.29, 1.82) is 0 Å². The number of hydrogen-bond donors (Lipinski definition) is 0. The van der Waals surface area contributed by atoms with Crippen LogP contribution >= 0.6 is 11.8 Å². The van der Waals surface area contributed by atoms with E-state index >= 15 is 0 Å². The summed E-state index contributed by atoms with van der Waals surface area (Å²) in [6, 6.07) is 17.6. The van der Waals surface area contributed by atoms with Crippen molar-refractivity contribution in [2.24, 2.45) is 0 Å². The molecule has 2 aromatic carbocycles. The largest absolute Gasteiger partial charge is 0.549 e. The van der Waals surface area contributed by atoms with Crippen molar-refractivity contribution in [1.82, 2.24) is 14.8 Å². The van der Waals surface area contributed by atoms with Gasteiger partial charge in [0.2, 0.25) is 0 Å². The van der Waals surface area contributed by atoms with Crippen LogP contribution < -0.4 is 5.11 Å². The van der Waals surface area contributed by atoms with Gasteiger partial charge in [-0.1, -0.05) is 59.8 Å². The highest BCUT2D eigenvalue weighted by atomic mass is 32.2. The fourth-order valence-electron chi connectivity index (χ4n) is 2.19. The molecule has 0 radical (unpaired) electrons. The number of aryl methyl sites for hydroxylation is 1. The Morgan fingerprint density at radius 2 is 1.78 bits per heavy atom. The van der Waals surface area contributed by atoms with Crippen molar-refractivity contribution in [3.8, 4) is 17.1 Å². The number of nitrogens with zero attached hydrogens (tertiary/aromatic N) is 3. The van der Waals surface area contributed by atoms with Gasteiger partial charge in [-0.05, 0) is 19.1 Å². The third kappa shape index (κ3) is 3.43. The van der Waals surface area contributed by atoms with E-state index in [0.29, 0.717) is 11.0 Å². The zero-order chi connectivity index (χ0) is 16.2. The molecule has 3 rings (SSSR count). The molecule has 0 fully saturated rings. The molecule has 0 atom stereocenters. The summed E-state index contributed by atoms with van der Waals surface area (Å²) < 4.78 is 1.86. The topological polar surface area (TPSA) is 70.8 Å². The smallest absolute Gasteiger partial charge is 0.196 e. The van der Waals surface area contributed by atoms with Crippen LogP contribution in [-0.2, 0) is 4.79 Å². The van der Waals surface area contributed by atoms with Gasteiger partial charge >= 0.3 is 0 Å². The normalized spacial score (nSPS) is 10.7. The minimum Gasteiger partial charge on any atom is -0.549 e. The summed E-state index contributed by atoms with van der Waals surface area (Å²) in [4.78, 5) is 10.7. The number of rotatable bonds is 5. The predicted octanol–water partition coefficient (Wildman–Crippen LogP) is 2.08. The number of para-hydroxylation sites is 1. The average molecular weight is 324 g/mol. The van der Waals surface area contributed by atoms with Crippen LogP contribution in [-0.4, -0.2) is 26.5 Å². The van der Waals surface area contributed by atoms with Gasteiger partial charge in [-0.25, -0.2) is 0 Å². The Balaban J connectivity index is 2.09. The molecule has 0 aliphatic rings. The Labute approximate surface area is 138 Å². The van der Waals surface area contributed by atoms with Crippen LogP contribution in [0.15, 0.2) is 59.8 Å². The van der Waals surface area contributed by atoms with Crippen LogP contribution in [0.25, 0.3) is 17.1 Å². The van der Waals surface area contributed by atoms with Gasteiger partial charge in [0.1, 0.15) is 0 Å². The first-order valence-electron chi connectivity index (χ1n) is 7.05. The van der Waals surface area contributed by atoms with Crippen molar-refractivity contribution in [2.45, 2.75) is 12.1 Å². The SMILES string of the molecule is Cc1ccc(-c2nnc(SCC(=O)[O-])n2-c2ccccc2)cc1. The molecule has 3 aromatic rings. The lowest BCUT2D eigenvalue weighted by Gasteiger charge is -2.10. The number of thioether (sulfide) groups is 1. The predicted molar refractivity (Wildman–Crippen MR) is 87.3 cm³/mol. The van der Waals surface area contributed by atoms with E-state index in [1.165, 1.54) is 0 Å². The van der Waals surface area contributed by atoms with E-state index in [-0.39, 0.29) is 5.75 Å². The van der Waals surface area contributed by atoms with Crippen molar-refractivity contribution in [2.75, 3.05) is 5.75 Å².